The fourth-order valence-corrected chi connectivity index (χ4v) is 3.26. The number of carbonyl (C=O) groups is 1. The first kappa shape index (κ1) is 20.3. The van der Waals surface area contributed by atoms with Gasteiger partial charge >= 0.3 is 11.7 Å². The fourth-order valence-electron chi connectivity index (χ4n) is 3.26. The summed E-state index contributed by atoms with van der Waals surface area (Å²) in [5.74, 6) is -0.934. The summed E-state index contributed by atoms with van der Waals surface area (Å²) in [7, 11) is 1.28. The van der Waals surface area contributed by atoms with Gasteiger partial charge in [0.1, 0.15) is 5.56 Å². The number of hydrogen-bond acceptors (Lipinski definition) is 6. The molecule has 0 atom stereocenters. The number of aliphatic imine (C=N–C) groups is 1. The number of nitrogens with zero attached hydrogens (tertiary/aromatic N) is 2. The SMILES string of the molecule is COC(=O)c1cccc(N=Cc2c(O)n(CCC3=CCCCC3)c(=O)[nH]c2=O)c1. The summed E-state index contributed by atoms with van der Waals surface area (Å²) in [4.78, 5) is 42.3. The van der Waals surface area contributed by atoms with Crippen molar-refractivity contribution in [2.45, 2.75) is 38.6 Å². The summed E-state index contributed by atoms with van der Waals surface area (Å²) in [6.45, 7) is 0.270. The number of aromatic nitrogens is 2. The molecule has 152 valence electrons. The van der Waals surface area contributed by atoms with Crippen LogP contribution in [0, 0.1) is 0 Å². The van der Waals surface area contributed by atoms with Crippen LogP contribution in [0.5, 0.6) is 5.88 Å². The molecule has 1 aliphatic carbocycles. The number of aromatic amines is 1. The lowest BCUT2D eigenvalue weighted by atomic mass is 9.97. The Hall–Kier alpha value is -3.42. The van der Waals surface area contributed by atoms with E-state index in [0.717, 1.165) is 23.8 Å². The quantitative estimate of drug-likeness (QED) is 0.442. The molecule has 0 bridgehead atoms. The van der Waals surface area contributed by atoms with E-state index in [1.165, 1.54) is 31.4 Å². The number of methoxy groups -OCH3 is 1. The average molecular weight is 397 g/mol. The predicted octanol–water partition coefficient (Wildman–Crippen LogP) is 2.67. The number of carbonyl (C=O) groups excluding carboxylic acids is 1. The Balaban J connectivity index is 1.86. The van der Waals surface area contributed by atoms with Crippen molar-refractivity contribution in [1.29, 1.82) is 0 Å². The molecule has 0 fully saturated rings. The molecule has 0 amide bonds. The first-order chi connectivity index (χ1) is 14.0. The van der Waals surface area contributed by atoms with Crippen LogP contribution in [-0.2, 0) is 11.3 Å². The van der Waals surface area contributed by atoms with Gasteiger partial charge in [0.25, 0.3) is 5.56 Å². The van der Waals surface area contributed by atoms with Gasteiger partial charge in [-0.15, -0.1) is 0 Å². The Morgan fingerprint density at radius 2 is 2.17 bits per heavy atom. The summed E-state index contributed by atoms with van der Waals surface area (Å²) in [5, 5.41) is 10.5. The van der Waals surface area contributed by atoms with Crippen LogP contribution in [-0.4, -0.2) is 34.0 Å². The third-order valence-electron chi connectivity index (χ3n) is 4.86. The summed E-state index contributed by atoms with van der Waals surface area (Å²) < 4.78 is 5.81. The van der Waals surface area contributed by atoms with E-state index < -0.39 is 23.1 Å². The molecule has 0 saturated heterocycles. The third kappa shape index (κ3) is 4.90. The van der Waals surface area contributed by atoms with Crippen LogP contribution in [0.15, 0.2) is 50.5 Å². The van der Waals surface area contributed by atoms with Gasteiger partial charge in [0, 0.05) is 12.8 Å². The molecule has 0 aliphatic heterocycles. The Kier molecular flexibility index (Phi) is 6.43. The lowest BCUT2D eigenvalue weighted by molar-refractivity contribution is 0.0600. The smallest absolute Gasteiger partial charge is 0.337 e. The highest BCUT2D eigenvalue weighted by atomic mass is 16.5. The molecule has 0 spiro atoms. The number of rotatable bonds is 6. The van der Waals surface area contributed by atoms with E-state index in [1.807, 2.05) is 0 Å². The number of H-pyrrole nitrogens is 1. The zero-order chi connectivity index (χ0) is 20.8. The van der Waals surface area contributed by atoms with E-state index >= 15 is 0 Å². The van der Waals surface area contributed by atoms with Gasteiger partial charge < -0.3 is 9.84 Å². The second-order valence-corrected chi connectivity index (χ2v) is 6.81. The molecule has 1 aliphatic rings. The van der Waals surface area contributed by atoms with E-state index in [9.17, 15) is 19.5 Å². The number of nitrogens with one attached hydrogen (secondary N) is 1. The summed E-state index contributed by atoms with van der Waals surface area (Å²) >= 11 is 0. The van der Waals surface area contributed by atoms with Gasteiger partial charge in [0.15, 0.2) is 0 Å². The second-order valence-electron chi connectivity index (χ2n) is 6.81. The number of ether oxygens (including phenoxy) is 1. The largest absolute Gasteiger partial charge is 0.494 e. The van der Waals surface area contributed by atoms with Crippen molar-refractivity contribution in [2.75, 3.05) is 7.11 Å². The molecule has 1 heterocycles. The fraction of sp³-hybridized carbons (Fsp3) is 0.333. The van der Waals surface area contributed by atoms with Gasteiger partial charge in [-0.25, -0.2) is 9.59 Å². The van der Waals surface area contributed by atoms with Crippen molar-refractivity contribution < 1.29 is 14.6 Å². The van der Waals surface area contributed by atoms with E-state index in [4.69, 9.17) is 0 Å². The Labute approximate surface area is 167 Å². The van der Waals surface area contributed by atoms with Gasteiger partial charge in [-0.3, -0.25) is 19.3 Å². The molecule has 0 radical (unpaired) electrons. The van der Waals surface area contributed by atoms with Gasteiger partial charge in [-0.05, 0) is 50.3 Å². The molecule has 8 nitrogen and oxygen atoms in total. The minimum absolute atomic E-state index is 0.120. The van der Waals surface area contributed by atoms with Crippen molar-refractivity contribution in [3.8, 4) is 5.88 Å². The first-order valence-electron chi connectivity index (χ1n) is 9.46. The van der Waals surface area contributed by atoms with E-state index in [0.29, 0.717) is 17.7 Å². The second kappa shape index (κ2) is 9.18. The van der Waals surface area contributed by atoms with Crippen LogP contribution >= 0.6 is 0 Å². The number of hydrogen-bond donors (Lipinski definition) is 2. The van der Waals surface area contributed by atoms with Gasteiger partial charge in [-0.1, -0.05) is 17.7 Å². The lowest BCUT2D eigenvalue weighted by Gasteiger charge is -2.14. The van der Waals surface area contributed by atoms with Crippen LogP contribution in [0.4, 0.5) is 5.69 Å². The molecule has 2 aromatic rings. The molecule has 8 heteroatoms. The minimum atomic E-state index is -0.728. The monoisotopic (exact) mass is 397 g/mol. The topological polar surface area (TPSA) is 114 Å². The third-order valence-corrected chi connectivity index (χ3v) is 4.86. The lowest BCUT2D eigenvalue weighted by Crippen LogP contribution is -2.32. The average Bonchev–Trinajstić information content (AvgIpc) is 2.73. The highest BCUT2D eigenvalue weighted by Gasteiger charge is 2.14. The molecule has 3 rings (SSSR count). The Morgan fingerprint density at radius 3 is 2.90 bits per heavy atom. The summed E-state index contributed by atoms with van der Waals surface area (Å²) in [5.41, 5.74) is 0.458. The Bertz CT molecular complexity index is 1080. The minimum Gasteiger partial charge on any atom is -0.494 e. The first-order valence-corrected chi connectivity index (χ1v) is 9.46. The van der Waals surface area contributed by atoms with Crippen LogP contribution in [0.25, 0.3) is 0 Å². The zero-order valence-electron chi connectivity index (χ0n) is 16.2. The van der Waals surface area contributed by atoms with Crippen molar-refractivity contribution in [1.82, 2.24) is 9.55 Å². The van der Waals surface area contributed by atoms with Crippen molar-refractivity contribution in [3.05, 3.63) is 67.9 Å². The maximum absolute atomic E-state index is 12.2. The van der Waals surface area contributed by atoms with Crippen LogP contribution in [0.1, 0.15) is 48.0 Å². The number of esters is 1. The van der Waals surface area contributed by atoms with E-state index in [1.54, 1.807) is 18.2 Å². The molecule has 29 heavy (non-hydrogen) atoms. The molecule has 1 aromatic carbocycles. The molecular formula is C21H23N3O5. The summed E-state index contributed by atoms with van der Waals surface area (Å²) in [6.07, 6.45) is 8.31. The maximum atomic E-state index is 12.2. The van der Waals surface area contributed by atoms with Crippen LogP contribution < -0.4 is 11.2 Å². The van der Waals surface area contributed by atoms with Gasteiger partial charge in [0.2, 0.25) is 5.88 Å². The zero-order valence-corrected chi connectivity index (χ0v) is 16.2. The standard InChI is InChI=1S/C21H23N3O5/c1-29-20(27)15-8-5-9-16(12-15)22-13-17-18(25)23-21(28)24(19(17)26)11-10-14-6-3-2-4-7-14/h5-6,8-9,12-13,26H,2-4,7,10-11H2,1H3,(H,23,25,28). The van der Waals surface area contributed by atoms with Crippen LogP contribution in [0.3, 0.4) is 0 Å². The van der Waals surface area contributed by atoms with Gasteiger partial charge in [-0.2, -0.15) is 0 Å². The van der Waals surface area contributed by atoms with Crippen molar-refractivity contribution >= 4 is 17.9 Å². The number of aromatic hydroxyl groups is 1. The Morgan fingerprint density at radius 1 is 1.34 bits per heavy atom. The molecule has 0 unspecified atom stereocenters. The number of benzene rings is 1. The molecular weight excluding hydrogens is 374 g/mol. The number of allylic oxidation sites excluding steroid dienone is 2. The predicted molar refractivity (Wildman–Crippen MR) is 109 cm³/mol. The van der Waals surface area contributed by atoms with Gasteiger partial charge in [0.05, 0.1) is 18.4 Å². The summed E-state index contributed by atoms with van der Waals surface area (Å²) in [6, 6.07) is 6.34. The molecule has 1 aromatic heterocycles. The van der Waals surface area contributed by atoms with E-state index in [2.05, 4.69) is 20.8 Å². The van der Waals surface area contributed by atoms with E-state index in [-0.39, 0.29) is 12.1 Å². The van der Waals surface area contributed by atoms with Crippen LogP contribution in [0.2, 0.25) is 0 Å². The maximum Gasteiger partial charge on any atom is 0.337 e. The normalized spacial score (nSPS) is 14.0. The van der Waals surface area contributed by atoms with Crippen molar-refractivity contribution in [3.63, 3.8) is 0 Å². The molecule has 2 N–H and O–H groups in total. The highest BCUT2D eigenvalue weighted by molar-refractivity contribution is 5.91. The highest BCUT2D eigenvalue weighted by Crippen LogP contribution is 2.21. The van der Waals surface area contributed by atoms with Crippen molar-refractivity contribution in [2.24, 2.45) is 4.99 Å². The molecule has 0 saturated carbocycles.